The van der Waals surface area contributed by atoms with Gasteiger partial charge in [0.2, 0.25) is 10.0 Å². The number of sulfonamides is 1. The minimum absolute atomic E-state index is 0.179. The molecule has 0 atom stereocenters. The quantitative estimate of drug-likeness (QED) is 0.470. The van der Waals surface area contributed by atoms with Crippen LogP contribution in [0, 0.1) is 0 Å². The molecule has 168 valence electrons. The number of amides is 1. The Hall–Kier alpha value is -2.98. The van der Waals surface area contributed by atoms with Crippen LogP contribution in [0.15, 0.2) is 72.8 Å². The molecule has 10 heteroatoms. The minimum atomic E-state index is -5.07. The van der Waals surface area contributed by atoms with Gasteiger partial charge in [-0.25, -0.2) is 13.1 Å². The van der Waals surface area contributed by atoms with Crippen molar-refractivity contribution in [3.05, 3.63) is 93.7 Å². The molecule has 0 saturated carbocycles. The lowest BCUT2D eigenvalue weighted by Gasteiger charge is -2.18. The molecule has 3 aromatic rings. The molecular weight excluding hydrogens is 463 g/mol. The normalized spacial score (nSPS) is 12.0. The molecule has 2 aromatic carbocycles. The molecule has 0 saturated heterocycles. The first-order valence-corrected chi connectivity index (χ1v) is 11.9. The van der Waals surface area contributed by atoms with Gasteiger partial charge in [0, 0.05) is 5.92 Å². The summed E-state index contributed by atoms with van der Waals surface area (Å²) in [5.74, 6) is -3.78. The summed E-state index contributed by atoms with van der Waals surface area (Å²) in [7, 11) is -4.08. The van der Waals surface area contributed by atoms with E-state index in [0.29, 0.717) is 0 Å². The maximum absolute atomic E-state index is 12.5. The average molecular weight is 482 g/mol. The van der Waals surface area contributed by atoms with Crippen molar-refractivity contribution in [3.63, 3.8) is 0 Å². The summed E-state index contributed by atoms with van der Waals surface area (Å²) in [5.41, 5.74) is 1.82. The number of alkyl halides is 3. The van der Waals surface area contributed by atoms with E-state index < -0.39 is 32.8 Å². The molecule has 0 aliphatic heterocycles. The Balaban J connectivity index is 1.71. The summed E-state index contributed by atoms with van der Waals surface area (Å²) in [4.78, 5) is 22.5. The lowest BCUT2D eigenvalue weighted by atomic mass is 9.89. The second kappa shape index (κ2) is 9.66. The van der Waals surface area contributed by atoms with Gasteiger partial charge in [-0.15, -0.1) is 11.3 Å². The van der Waals surface area contributed by atoms with Crippen LogP contribution in [0.1, 0.15) is 42.8 Å². The Morgan fingerprint density at radius 3 is 1.84 bits per heavy atom. The molecule has 1 heterocycles. The van der Waals surface area contributed by atoms with E-state index in [2.05, 4.69) is 0 Å². The SMILES string of the molecule is O=C(NS(=O)(=O)CCC(c1ccccc1)c1ccccc1)c1ccc(C(=O)C(F)(F)F)s1. The molecule has 0 spiro atoms. The highest BCUT2D eigenvalue weighted by atomic mass is 32.2. The summed E-state index contributed by atoms with van der Waals surface area (Å²) in [6.45, 7) is 0. The van der Waals surface area contributed by atoms with E-state index >= 15 is 0 Å². The molecule has 0 aliphatic carbocycles. The third-order valence-electron chi connectivity index (χ3n) is 4.64. The lowest BCUT2D eigenvalue weighted by Crippen LogP contribution is -2.32. The zero-order chi connectivity index (χ0) is 23.4. The van der Waals surface area contributed by atoms with Gasteiger partial charge in [-0.1, -0.05) is 60.7 Å². The molecule has 0 unspecified atom stereocenters. The maximum atomic E-state index is 12.5. The predicted molar refractivity (Wildman–Crippen MR) is 115 cm³/mol. The van der Waals surface area contributed by atoms with Gasteiger partial charge in [-0.2, -0.15) is 13.2 Å². The lowest BCUT2D eigenvalue weighted by molar-refractivity contribution is -0.0882. The summed E-state index contributed by atoms with van der Waals surface area (Å²) >= 11 is 0.289. The average Bonchev–Trinajstić information content (AvgIpc) is 3.24. The van der Waals surface area contributed by atoms with E-state index in [-0.39, 0.29) is 34.3 Å². The number of hydrogen-bond acceptors (Lipinski definition) is 5. The van der Waals surface area contributed by atoms with Gasteiger partial charge in [0.05, 0.1) is 15.5 Å². The van der Waals surface area contributed by atoms with Gasteiger partial charge < -0.3 is 0 Å². The summed E-state index contributed by atoms with van der Waals surface area (Å²) < 4.78 is 64.5. The molecule has 1 aromatic heterocycles. The van der Waals surface area contributed by atoms with Crippen molar-refractivity contribution < 1.29 is 31.2 Å². The fourth-order valence-electron chi connectivity index (χ4n) is 3.13. The number of halogens is 3. The molecule has 3 rings (SSSR count). The molecule has 1 amide bonds. The topological polar surface area (TPSA) is 80.3 Å². The Bertz CT molecular complexity index is 1150. The monoisotopic (exact) mass is 481 g/mol. The summed E-state index contributed by atoms with van der Waals surface area (Å²) in [5, 5.41) is 0. The fraction of sp³-hybridized carbons (Fsp3) is 0.182. The van der Waals surface area contributed by atoms with E-state index in [1.54, 1.807) is 0 Å². The number of hydrogen-bond donors (Lipinski definition) is 1. The summed E-state index contributed by atoms with van der Waals surface area (Å²) in [6.07, 6.45) is -4.90. The number of rotatable bonds is 8. The van der Waals surface area contributed by atoms with Crippen LogP contribution in [0.25, 0.3) is 0 Å². The zero-order valence-corrected chi connectivity index (χ0v) is 18.1. The minimum Gasteiger partial charge on any atom is -0.283 e. The van der Waals surface area contributed by atoms with Gasteiger partial charge in [0.25, 0.3) is 11.7 Å². The third kappa shape index (κ3) is 6.04. The molecule has 5 nitrogen and oxygen atoms in total. The van der Waals surface area contributed by atoms with Crippen molar-refractivity contribution in [1.29, 1.82) is 0 Å². The molecule has 0 fully saturated rings. The van der Waals surface area contributed by atoms with E-state index in [4.69, 9.17) is 0 Å². The van der Waals surface area contributed by atoms with Crippen molar-refractivity contribution in [2.45, 2.75) is 18.5 Å². The van der Waals surface area contributed by atoms with Gasteiger partial charge >= 0.3 is 6.18 Å². The standard InChI is InChI=1S/C22H18F3NO4S2/c23-22(24,25)20(27)18-11-12-19(31-18)21(28)26-32(29,30)14-13-17(15-7-3-1-4-8-15)16-9-5-2-6-10-16/h1-12,17H,13-14H2,(H,26,28). The Labute approximate surface area is 187 Å². The van der Waals surface area contributed by atoms with Crippen LogP contribution >= 0.6 is 11.3 Å². The Morgan fingerprint density at radius 1 is 0.844 bits per heavy atom. The van der Waals surface area contributed by atoms with Gasteiger partial charge in [-0.3, -0.25) is 9.59 Å². The Morgan fingerprint density at radius 2 is 1.34 bits per heavy atom. The van der Waals surface area contributed by atoms with E-state index in [1.165, 1.54) is 0 Å². The van der Waals surface area contributed by atoms with Gasteiger partial charge in [0.15, 0.2) is 0 Å². The first-order valence-electron chi connectivity index (χ1n) is 9.43. The number of Topliss-reactive ketones (excluding diaryl/α,β-unsaturated/α-hetero) is 1. The van der Waals surface area contributed by atoms with Crippen LogP contribution in [0.2, 0.25) is 0 Å². The highest BCUT2D eigenvalue weighted by Gasteiger charge is 2.40. The van der Waals surface area contributed by atoms with E-state index in [0.717, 1.165) is 23.3 Å². The molecule has 32 heavy (non-hydrogen) atoms. The first-order chi connectivity index (χ1) is 15.1. The molecule has 0 aliphatic rings. The maximum Gasteiger partial charge on any atom is 0.455 e. The molecule has 1 N–H and O–H groups in total. The van der Waals surface area contributed by atoms with Crippen molar-refractivity contribution in [1.82, 2.24) is 4.72 Å². The smallest absolute Gasteiger partial charge is 0.283 e. The van der Waals surface area contributed by atoms with Crippen molar-refractivity contribution in [2.75, 3.05) is 5.75 Å². The van der Waals surface area contributed by atoms with Crippen molar-refractivity contribution in [2.24, 2.45) is 0 Å². The third-order valence-corrected chi connectivity index (χ3v) is 6.99. The van der Waals surface area contributed by atoms with Crippen LogP contribution in [0.5, 0.6) is 0 Å². The Kier molecular flexibility index (Phi) is 7.15. The number of carbonyl (C=O) groups excluding carboxylic acids is 2. The van der Waals surface area contributed by atoms with Gasteiger partial charge in [-0.05, 0) is 29.7 Å². The number of ketones is 1. The number of thiophene rings is 1. The van der Waals surface area contributed by atoms with Crippen LogP contribution in [0.4, 0.5) is 13.2 Å². The van der Waals surface area contributed by atoms with Gasteiger partial charge in [0.1, 0.15) is 0 Å². The first kappa shape index (κ1) is 23.7. The van der Waals surface area contributed by atoms with Crippen LogP contribution < -0.4 is 4.72 Å². The van der Waals surface area contributed by atoms with Crippen LogP contribution in [-0.2, 0) is 10.0 Å². The molecular formula is C22H18F3NO4S2. The molecule has 0 radical (unpaired) electrons. The number of nitrogens with one attached hydrogen (secondary N) is 1. The highest BCUT2D eigenvalue weighted by molar-refractivity contribution is 7.90. The fourth-order valence-corrected chi connectivity index (χ4v) is 5.10. The van der Waals surface area contributed by atoms with Crippen molar-refractivity contribution in [3.8, 4) is 0 Å². The number of benzene rings is 2. The van der Waals surface area contributed by atoms with Crippen molar-refractivity contribution >= 4 is 33.1 Å². The van der Waals surface area contributed by atoms with E-state index in [9.17, 15) is 31.2 Å². The largest absolute Gasteiger partial charge is 0.455 e. The zero-order valence-electron chi connectivity index (χ0n) is 16.5. The second-order valence-electron chi connectivity index (χ2n) is 6.90. The number of carbonyl (C=O) groups is 2. The van der Waals surface area contributed by atoms with E-state index in [1.807, 2.05) is 65.4 Å². The summed E-state index contributed by atoms with van der Waals surface area (Å²) in [6, 6.07) is 20.5. The van der Waals surface area contributed by atoms with Crippen LogP contribution in [0.3, 0.4) is 0 Å². The highest BCUT2D eigenvalue weighted by Crippen LogP contribution is 2.29. The van der Waals surface area contributed by atoms with Crippen LogP contribution in [-0.4, -0.2) is 32.0 Å². The predicted octanol–water partition coefficient (Wildman–Crippen LogP) is 4.77. The second-order valence-corrected chi connectivity index (χ2v) is 9.83. The molecule has 0 bridgehead atoms.